The average Bonchev–Trinajstić information content (AvgIpc) is 2.65. The lowest BCUT2D eigenvalue weighted by atomic mass is 9.97. The van der Waals surface area contributed by atoms with Gasteiger partial charge in [-0.25, -0.2) is 4.98 Å². The molecule has 138 valence electrons. The highest BCUT2D eigenvalue weighted by atomic mass is 35.5. The minimum atomic E-state index is -0.417. The molecule has 27 heavy (non-hydrogen) atoms. The Morgan fingerprint density at radius 1 is 1.33 bits per heavy atom. The van der Waals surface area contributed by atoms with Crippen LogP contribution in [-0.4, -0.2) is 22.0 Å². The molecule has 1 aromatic carbocycles. The molecule has 0 unspecified atom stereocenters. The van der Waals surface area contributed by atoms with Gasteiger partial charge in [0.05, 0.1) is 11.6 Å². The highest BCUT2D eigenvalue weighted by Crippen LogP contribution is 2.30. The molecule has 4 rings (SSSR count). The fraction of sp³-hybridized carbons (Fsp3) is 0.250. The molecule has 0 aliphatic carbocycles. The van der Waals surface area contributed by atoms with Gasteiger partial charge >= 0.3 is 5.97 Å². The number of fused-ring (bicyclic) bond motifs is 2. The fourth-order valence-electron chi connectivity index (χ4n) is 3.22. The molecule has 3 aromatic rings. The van der Waals surface area contributed by atoms with Gasteiger partial charge in [-0.15, -0.1) is 0 Å². The third kappa shape index (κ3) is 3.53. The van der Waals surface area contributed by atoms with Crippen LogP contribution < -0.4 is 10.3 Å². The van der Waals surface area contributed by atoms with Crippen LogP contribution in [0.2, 0.25) is 5.02 Å². The first-order valence-corrected chi connectivity index (χ1v) is 8.95. The van der Waals surface area contributed by atoms with Gasteiger partial charge in [0, 0.05) is 16.8 Å². The largest absolute Gasteiger partial charge is 0.492 e. The number of hydrogen-bond donors (Lipinski definition) is 0. The summed E-state index contributed by atoms with van der Waals surface area (Å²) in [6.45, 7) is 2.03. The van der Waals surface area contributed by atoms with Crippen LogP contribution in [0.25, 0.3) is 5.65 Å². The zero-order chi connectivity index (χ0) is 19.0. The van der Waals surface area contributed by atoms with E-state index in [1.54, 1.807) is 24.3 Å². The molecule has 0 amide bonds. The molecule has 7 heteroatoms. The number of esters is 1. The van der Waals surface area contributed by atoms with Crippen LogP contribution >= 0.6 is 11.6 Å². The predicted molar refractivity (Wildman–Crippen MR) is 100 cm³/mol. The van der Waals surface area contributed by atoms with Crippen molar-refractivity contribution in [2.24, 2.45) is 5.92 Å². The molecule has 0 bridgehead atoms. The molecule has 0 spiro atoms. The number of aromatic nitrogens is 2. The standard InChI is InChI=1S/C20H17ClN2O4/c1-12-3-2-4-18-22-16(9-19(24)23(12)18)11-27-20(25)14-7-13-8-15(21)5-6-17(13)26-10-14/h2-6,8-9,14H,7,10-11H2,1H3/t14-/m1/s1. The van der Waals surface area contributed by atoms with Crippen molar-refractivity contribution in [3.8, 4) is 5.75 Å². The van der Waals surface area contributed by atoms with Gasteiger partial charge in [-0.1, -0.05) is 17.7 Å². The van der Waals surface area contributed by atoms with Crippen LogP contribution in [0.5, 0.6) is 5.75 Å². The maximum Gasteiger partial charge on any atom is 0.313 e. The van der Waals surface area contributed by atoms with Crippen LogP contribution in [0.1, 0.15) is 17.0 Å². The monoisotopic (exact) mass is 384 g/mol. The summed E-state index contributed by atoms with van der Waals surface area (Å²) in [6, 6.07) is 12.1. The van der Waals surface area contributed by atoms with E-state index in [0.717, 1.165) is 17.0 Å². The topological polar surface area (TPSA) is 69.9 Å². The van der Waals surface area contributed by atoms with Gasteiger partial charge in [0.1, 0.15) is 24.6 Å². The summed E-state index contributed by atoms with van der Waals surface area (Å²) >= 11 is 6.01. The van der Waals surface area contributed by atoms with Gasteiger partial charge in [0.15, 0.2) is 0 Å². The van der Waals surface area contributed by atoms with E-state index in [-0.39, 0.29) is 24.7 Å². The number of ether oxygens (including phenoxy) is 2. The highest BCUT2D eigenvalue weighted by Gasteiger charge is 2.27. The number of halogens is 1. The Kier molecular flexibility index (Phi) is 4.58. The second-order valence-electron chi connectivity index (χ2n) is 6.52. The van der Waals surface area contributed by atoms with E-state index >= 15 is 0 Å². The Labute approximate surface area is 160 Å². The summed E-state index contributed by atoms with van der Waals surface area (Å²) in [6.07, 6.45) is 0.502. The van der Waals surface area contributed by atoms with Gasteiger partial charge in [0.25, 0.3) is 5.56 Å². The van der Waals surface area contributed by atoms with Crippen LogP contribution in [0.3, 0.4) is 0 Å². The number of rotatable bonds is 3. The molecule has 1 aliphatic rings. The normalized spacial score (nSPS) is 15.9. The lowest BCUT2D eigenvalue weighted by Gasteiger charge is -2.24. The summed E-state index contributed by atoms with van der Waals surface area (Å²) < 4.78 is 12.5. The minimum Gasteiger partial charge on any atom is -0.492 e. The Hall–Kier alpha value is -2.86. The third-order valence-corrected chi connectivity index (χ3v) is 4.79. The molecular weight excluding hydrogens is 368 g/mol. The zero-order valence-electron chi connectivity index (χ0n) is 14.6. The Balaban J connectivity index is 1.47. The fourth-order valence-corrected chi connectivity index (χ4v) is 3.41. The van der Waals surface area contributed by atoms with Crippen LogP contribution in [0.4, 0.5) is 0 Å². The van der Waals surface area contributed by atoms with Crippen molar-refractivity contribution in [1.82, 2.24) is 9.38 Å². The number of carbonyl (C=O) groups excluding carboxylic acids is 1. The Bertz CT molecular complexity index is 1090. The average molecular weight is 385 g/mol. The maximum absolute atomic E-state index is 12.4. The van der Waals surface area contributed by atoms with Crippen molar-refractivity contribution in [3.05, 3.63) is 74.8 Å². The van der Waals surface area contributed by atoms with Gasteiger partial charge in [-0.2, -0.15) is 0 Å². The van der Waals surface area contributed by atoms with Crippen molar-refractivity contribution < 1.29 is 14.3 Å². The van der Waals surface area contributed by atoms with Crippen molar-refractivity contribution in [2.75, 3.05) is 6.61 Å². The van der Waals surface area contributed by atoms with E-state index in [2.05, 4.69) is 4.98 Å². The molecular formula is C20H17ClN2O4. The molecule has 0 saturated heterocycles. The molecule has 1 aliphatic heterocycles. The third-order valence-electron chi connectivity index (χ3n) is 4.56. The molecule has 0 N–H and O–H groups in total. The molecule has 0 saturated carbocycles. The van der Waals surface area contributed by atoms with Gasteiger partial charge in [-0.3, -0.25) is 14.0 Å². The van der Waals surface area contributed by atoms with Gasteiger partial charge in [-0.05, 0) is 49.2 Å². The van der Waals surface area contributed by atoms with E-state index in [0.29, 0.717) is 22.8 Å². The summed E-state index contributed by atoms with van der Waals surface area (Å²) in [4.78, 5) is 29.1. The predicted octanol–water partition coefficient (Wildman–Crippen LogP) is 2.95. The molecule has 6 nitrogen and oxygen atoms in total. The van der Waals surface area contributed by atoms with Crippen LogP contribution in [0, 0.1) is 12.8 Å². The van der Waals surface area contributed by atoms with E-state index in [9.17, 15) is 9.59 Å². The van der Waals surface area contributed by atoms with Crippen molar-refractivity contribution in [1.29, 1.82) is 0 Å². The number of carbonyl (C=O) groups is 1. The van der Waals surface area contributed by atoms with Crippen molar-refractivity contribution in [3.63, 3.8) is 0 Å². The van der Waals surface area contributed by atoms with Crippen LogP contribution in [-0.2, 0) is 22.6 Å². The SMILES string of the molecule is Cc1cccc2nc(COC(=O)[C@H]3COc4ccc(Cl)cc4C3)cc(=O)n12. The maximum atomic E-state index is 12.4. The van der Waals surface area contributed by atoms with Crippen molar-refractivity contribution >= 4 is 23.2 Å². The summed E-state index contributed by atoms with van der Waals surface area (Å²) in [5, 5.41) is 0.600. The van der Waals surface area contributed by atoms with Crippen molar-refractivity contribution in [2.45, 2.75) is 20.0 Å². The Morgan fingerprint density at radius 2 is 2.19 bits per heavy atom. The minimum absolute atomic E-state index is 0.0581. The summed E-state index contributed by atoms with van der Waals surface area (Å²) in [5.74, 6) is -0.0605. The van der Waals surface area contributed by atoms with Crippen LogP contribution in [0.15, 0.2) is 47.3 Å². The lowest BCUT2D eigenvalue weighted by Crippen LogP contribution is -2.30. The Morgan fingerprint density at radius 3 is 3.04 bits per heavy atom. The zero-order valence-corrected chi connectivity index (χ0v) is 15.4. The second kappa shape index (κ2) is 7.04. The van der Waals surface area contributed by atoms with E-state index in [4.69, 9.17) is 21.1 Å². The van der Waals surface area contributed by atoms with Gasteiger partial charge in [0.2, 0.25) is 0 Å². The smallest absolute Gasteiger partial charge is 0.313 e. The van der Waals surface area contributed by atoms with Gasteiger partial charge < -0.3 is 9.47 Å². The molecule has 3 heterocycles. The molecule has 2 aromatic heterocycles. The van der Waals surface area contributed by atoms with E-state index < -0.39 is 5.92 Å². The molecule has 0 fully saturated rings. The number of nitrogens with zero attached hydrogens (tertiary/aromatic N) is 2. The quantitative estimate of drug-likeness (QED) is 0.649. The number of hydrogen-bond acceptors (Lipinski definition) is 5. The second-order valence-corrected chi connectivity index (χ2v) is 6.95. The summed E-state index contributed by atoms with van der Waals surface area (Å²) in [5.41, 5.74) is 2.42. The first-order chi connectivity index (χ1) is 13.0. The first-order valence-electron chi connectivity index (χ1n) is 8.57. The summed E-state index contributed by atoms with van der Waals surface area (Å²) in [7, 11) is 0. The van der Waals surface area contributed by atoms with E-state index in [1.807, 2.05) is 19.1 Å². The highest BCUT2D eigenvalue weighted by molar-refractivity contribution is 6.30. The number of benzene rings is 1. The molecule has 0 radical (unpaired) electrons. The number of aryl methyl sites for hydroxylation is 1. The number of pyridine rings is 1. The van der Waals surface area contributed by atoms with E-state index in [1.165, 1.54) is 10.5 Å². The molecule has 1 atom stereocenters. The first kappa shape index (κ1) is 17.5. The lowest BCUT2D eigenvalue weighted by molar-refractivity contribution is -0.151.